The average Bonchev–Trinajstić information content (AvgIpc) is 2.73. The summed E-state index contributed by atoms with van der Waals surface area (Å²) < 4.78 is 26.7. The number of nitrogens with zero attached hydrogens (tertiary/aromatic N) is 2. The molecule has 1 aliphatic heterocycles. The topological polar surface area (TPSA) is 52.7 Å². The maximum absolute atomic E-state index is 13.3. The van der Waals surface area contributed by atoms with Gasteiger partial charge in [-0.05, 0) is 50.1 Å². The van der Waals surface area contributed by atoms with Gasteiger partial charge < -0.3 is 10.2 Å². The van der Waals surface area contributed by atoms with Crippen molar-refractivity contribution in [2.75, 3.05) is 31.5 Å². The van der Waals surface area contributed by atoms with Gasteiger partial charge in [0.1, 0.15) is 11.6 Å². The zero-order chi connectivity index (χ0) is 21.5. The molecule has 30 heavy (non-hydrogen) atoms. The van der Waals surface area contributed by atoms with Crippen LogP contribution < -0.4 is 5.32 Å². The number of rotatable bonds is 7. The molecule has 1 heterocycles. The molecular weight excluding hydrogens is 388 g/mol. The lowest BCUT2D eigenvalue weighted by atomic mass is 10.0. The van der Waals surface area contributed by atoms with Gasteiger partial charge in [-0.25, -0.2) is 8.78 Å². The summed E-state index contributed by atoms with van der Waals surface area (Å²) >= 11 is 0. The molecule has 2 amide bonds. The van der Waals surface area contributed by atoms with E-state index in [9.17, 15) is 18.4 Å². The number of halogens is 2. The van der Waals surface area contributed by atoms with E-state index in [4.69, 9.17) is 0 Å². The Kier molecular flexibility index (Phi) is 7.52. The summed E-state index contributed by atoms with van der Waals surface area (Å²) in [5.74, 6) is -1.74. The maximum atomic E-state index is 13.3. The maximum Gasteiger partial charge on any atom is 0.253 e. The van der Waals surface area contributed by atoms with Crippen molar-refractivity contribution in [1.29, 1.82) is 0 Å². The molecule has 2 aromatic carbocycles. The van der Waals surface area contributed by atoms with Crippen molar-refractivity contribution in [3.8, 4) is 0 Å². The Labute approximate surface area is 175 Å². The molecule has 0 aliphatic carbocycles. The van der Waals surface area contributed by atoms with Crippen molar-refractivity contribution in [2.24, 2.45) is 0 Å². The van der Waals surface area contributed by atoms with Gasteiger partial charge in [0.05, 0.1) is 6.54 Å². The lowest BCUT2D eigenvalue weighted by Crippen LogP contribution is -2.49. The van der Waals surface area contributed by atoms with Gasteiger partial charge in [0.25, 0.3) is 5.91 Å². The summed E-state index contributed by atoms with van der Waals surface area (Å²) in [5, 5.41) is 2.57. The van der Waals surface area contributed by atoms with Crippen LogP contribution in [0.1, 0.15) is 36.5 Å². The second kappa shape index (κ2) is 10.3. The Bertz CT molecular complexity index is 848. The Balaban J connectivity index is 1.56. The normalized spacial score (nSPS) is 14.7. The second-order valence-corrected chi connectivity index (χ2v) is 7.57. The first kappa shape index (κ1) is 21.9. The molecule has 0 aromatic heterocycles. The van der Waals surface area contributed by atoms with E-state index < -0.39 is 11.6 Å². The van der Waals surface area contributed by atoms with Gasteiger partial charge >= 0.3 is 0 Å². The molecule has 0 saturated carbocycles. The number of carbonyl (C=O) groups is 2. The second-order valence-electron chi connectivity index (χ2n) is 7.57. The molecule has 1 aliphatic rings. The number of amides is 2. The zero-order valence-corrected chi connectivity index (χ0v) is 17.1. The molecule has 0 spiro atoms. The number of nitrogens with one attached hydrogen (secondary N) is 1. The molecule has 7 heteroatoms. The third kappa shape index (κ3) is 5.86. The van der Waals surface area contributed by atoms with Crippen molar-refractivity contribution in [3.05, 3.63) is 65.7 Å². The van der Waals surface area contributed by atoms with Crippen LogP contribution in [0, 0.1) is 11.6 Å². The predicted molar refractivity (Wildman–Crippen MR) is 112 cm³/mol. The van der Waals surface area contributed by atoms with Crippen LogP contribution in [0.2, 0.25) is 0 Å². The molecule has 1 fully saturated rings. The predicted octanol–water partition coefficient (Wildman–Crippen LogP) is 3.92. The van der Waals surface area contributed by atoms with E-state index in [-0.39, 0.29) is 30.1 Å². The Morgan fingerprint density at radius 2 is 1.70 bits per heavy atom. The molecule has 0 unspecified atom stereocenters. The van der Waals surface area contributed by atoms with E-state index in [0.717, 1.165) is 44.0 Å². The summed E-state index contributed by atoms with van der Waals surface area (Å²) in [6, 6.07) is 12.4. The lowest BCUT2D eigenvalue weighted by molar-refractivity contribution is -0.118. The van der Waals surface area contributed by atoms with Crippen LogP contribution >= 0.6 is 0 Å². The van der Waals surface area contributed by atoms with Crippen LogP contribution in [0.25, 0.3) is 0 Å². The quantitative estimate of drug-likeness (QED) is 0.746. The molecule has 160 valence electrons. The molecule has 5 nitrogen and oxygen atoms in total. The number of hydrogen-bond acceptors (Lipinski definition) is 3. The fourth-order valence-corrected chi connectivity index (χ4v) is 3.89. The summed E-state index contributed by atoms with van der Waals surface area (Å²) in [6.45, 7) is 4.19. The van der Waals surface area contributed by atoms with E-state index in [2.05, 4.69) is 10.2 Å². The molecule has 0 radical (unpaired) electrons. The van der Waals surface area contributed by atoms with Crippen LogP contribution in [-0.2, 0) is 4.79 Å². The SMILES string of the molecule is CCCN(CC(=O)Nc1cc(F)cc(F)c1)C1CCN(C(=O)c2ccccc2)CC1. The van der Waals surface area contributed by atoms with E-state index in [1.807, 2.05) is 42.2 Å². The number of benzene rings is 2. The highest BCUT2D eigenvalue weighted by Gasteiger charge is 2.28. The van der Waals surface area contributed by atoms with E-state index >= 15 is 0 Å². The van der Waals surface area contributed by atoms with Crippen LogP contribution in [0.15, 0.2) is 48.5 Å². The number of anilines is 1. The number of hydrogen-bond donors (Lipinski definition) is 1. The van der Waals surface area contributed by atoms with Gasteiger partial charge in [-0.2, -0.15) is 0 Å². The average molecular weight is 415 g/mol. The van der Waals surface area contributed by atoms with Crippen LogP contribution in [0.5, 0.6) is 0 Å². The Hall–Kier alpha value is -2.80. The van der Waals surface area contributed by atoms with Crippen molar-refractivity contribution >= 4 is 17.5 Å². The highest BCUT2D eigenvalue weighted by molar-refractivity contribution is 5.94. The molecular formula is C23H27F2N3O2. The van der Waals surface area contributed by atoms with Gasteiger partial charge in [-0.15, -0.1) is 0 Å². The van der Waals surface area contributed by atoms with Crippen LogP contribution in [-0.4, -0.2) is 53.8 Å². The van der Waals surface area contributed by atoms with Gasteiger partial charge in [0, 0.05) is 36.4 Å². The minimum Gasteiger partial charge on any atom is -0.339 e. The van der Waals surface area contributed by atoms with Gasteiger partial charge in [0.15, 0.2) is 0 Å². The molecule has 1 N–H and O–H groups in total. The number of carbonyl (C=O) groups excluding carboxylic acids is 2. The number of piperidine rings is 1. The van der Waals surface area contributed by atoms with E-state index in [1.165, 1.54) is 0 Å². The molecule has 1 saturated heterocycles. The summed E-state index contributed by atoms with van der Waals surface area (Å²) in [6.07, 6.45) is 2.44. The molecule has 3 rings (SSSR count). The summed E-state index contributed by atoms with van der Waals surface area (Å²) in [5.41, 5.74) is 0.792. The Morgan fingerprint density at radius 1 is 1.07 bits per heavy atom. The van der Waals surface area contributed by atoms with Gasteiger partial charge in [-0.3, -0.25) is 14.5 Å². The third-order valence-electron chi connectivity index (χ3n) is 5.29. The van der Waals surface area contributed by atoms with E-state index in [1.54, 1.807) is 0 Å². The monoisotopic (exact) mass is 415 g/mol. The van der Waals surface area contributed by atoms with Crippen LogP contribution in [0.4, 0.5) is 14.5 Å². The van der Waals surface area contributed by atoms with Crippen molar-refractivity contribution in [1.82, 2.24) is 9.80 Å². The molecule has 2 aromatic rings. The third-order valence-corrected chi connectivity index (χ3v) is 5.29. The van der Waals surface area contributed by atoms with Gasteiger partial charge in [0.2, 0.25) is 5.91 Å². The Morgan fingerprint density at radius 3 is 2.30 bits per heavy atom. The number of likely N-dealkylation sites (tertiary alicyclic amines) is 1. The van der Waals surface area contributed by atoms with Crippen molar-refractivity contribution in [2.45, 2.75) is 32.2 Å². The standard InChI is InChI=1S/C23H27F2N3O2/c1-2-10-28(16-22(29)26-20-14-18(24)13-19(25)15-20)21-8-11-27(12-9-21)23(30)17-6-4-3-5-7-17/h3-7,13-15,21H,2,8-12,16H2,1H3,(H,26,29). The van der Waals surface area contributed by atoms with Gasteiger partial charge in [-0.1, -0.05) is 25.1 Å². The van der Waals surface area contributed by atoms with E-state index in [0.29, 0.717) is 18.7 Å². The summed E-state index contributed by atoms with van der Waals surface area (Å²) in [4.78, 5) is 29.0. The zero-order valence-electron chi connectivity index (χ0n) is 17.1. The fraction of sp³-hybridized carbons (Fsp3) is 0.391. The molecule has 0 atom stereocenters. The first-order valence-electron chi connectivity index (χ1n) is 10.3. The minimum atomic E-state index is -0.730. The first-order chi connectivity index (χ1) is 14.5. The smallest absolute Gasteiger partial charge is 0.253 e. The first-order valence-corrected chi connectivity index (χ1v) is 10.3. The lowest BCUT2D eigenvalue weighted by Gasteiger charge is -2.38. The molecule has 0 bridgehead atoms. The largest absolute Gasteiger partial charge is 0.339 e. The highest BCUT2D eigenvalue weighted by Crippen LogP contribution is 2.19. The van der Waals surface area contributed by atoms with Crippen LogP contribution in [0.3, 0.4) is 0 Å². The van der Waals surface area contributed by atoms with Crippen molar-refractivity contribution < 1.29 is 18.4 Å². The fourth-order valence-electron chi connectivity index (χ4n) is 3.89. The summed E-state index contributed by atoms with van der Waals surface area (Å²) in [7, 11) is 0. The highest BCUT2D eigenvalue weighted by atomic mass is 19.1. The van der Waals surface area contributed by atoms with Crippen molar-refractivity contribution in [3.63, 3.8) is 0 Å². The minimum absolute atomic E-state index is 0.0296.